The number of rotatable bonds is 4. The average Bonchev–Trinajstić information content (AvgIpc) is 1.91. The van der Waals surface area contributed by atoms with Gasteiger partial charge in [0.15, 0.2) is 0 Å². The Hall–Kier alpha value is -1.39. The van der Waals surface area contributed by atoms with Crippen molar-refractivity contribution in [2.24, 2.45) is 10.8 Å². The van der Waals surface area contributed by atoms with Gasteiger partial charge in [-0.3, -0.25) is 4.79 Å². The third-order valence-corrected chi connectivity index (χ3v) is 0.703. The molecule has 0 unspecified atom stereocenters. The van der Waals surface area contributed by atoms with Crippen LogP contribution < -0.4 is 11.1 Å². The molecule has 0 atom stereocenters. The minimum Gasteiger partial charge on any atom is -0.403 e. The standard InChI is InChI=1S/C4H8N4O/c5-1-4(8-6)2-7-3-9/h1,3,6H,2,5H2,(H,7,9)/b4-1-,8-6?. The number of carbonyl (C=O) groups is 1. The number of hydrogen-bond donors (Lipinski definition) is 3. The minimum atomic E-state index is 0.212. The largest absolute Gasteiger partial charge is 0.403 e. The van der Waals surface area contributed by atoms with E-state index in [1.165, 1.54) is 6.20 Å². The third-order valence-electron chi connectivity index (χ3n) is 0.703. The number of carbonyl (C=O) groups excluding carboxylic acids is 1. The average molecular weight is 128 g/mol. The highest BCUT2D eigenvalue weighted by Gasteiger charge is 1.88. The van der Waals surface area contributed by atoms with Crippen LogP contribution in [0.15, 0.2) is 17.0 Å². The van der Waals surface area contributed by atoms with E-state index in [1.54, 1.807) is 0 Å². The Kier molecular flexibility index (Phi) is 4.03. The van der Waals surface area contributed by atoms with Gasteiger partial charge in [-0.15, -0.1) is 0 Å². The molecule has 0 rings (SSSR count). The zero-order valence-electron chi connectivity index (χ0n) is 4.79. The Labute approximate surface area is 52.4 Å². The summed E-state index contributed by atoms with van der Waals surface area (Å²) in [5.41, 5.74) is 11.8. The summed E-state index contributed by atoms with van der Waals surface area (Å²) >= 11 is 0. The van der Waals surface area contributed by atoms with Gasteiger partial charge in [0.25, 0.3) is 0 Å². The fourth-order valence-electron chi connectivity index (χ4n) is 0.282. The Morgan fingerprint density at radius 3 is 2.89 bits per heavy atom. The summed E-state index contributed by atoms with van der Waals surface area (Å²) in [5, 5.41) is 5.32. The summed E-state index contributed by atoms with van der Waals surface area (Å²) in [6.45, 7) is 0.212. The molecule has 0 radical (unpaired) electrons. The van der Waals surface area contributed by atoms with Crippen molar-refractivity contribution in [3.8, 4) is 0 Å². The van der Waals surface area contributed by atoms with Crippen molar-refractivity contribution in [2.45, 2.75) is 0 Å². The highest BCUT2D eigenvalue weighted by molar-refractivity contribution is 5.46. The van der Waals surface area contributed by atoms with Crippen molar-refractivity contribution in [3.05, 3.63) is 11.9 Å². The zero-order chi connectivity index (χ0) is 7.11. The molecule has 0 bridgehead atoms. The van der Waals surface area contributed by atoms with Crippen LogP contribution in [0.25, 0.3) is 0 Å². The van der Waals surface area contributed by atoms with Crippen LogP contribution in [0.3, 0.4) is 0 Å². The maximum atomic E-state index is 9.66. The van der Waals surface area contributed by atoms with E-state index >= 15 is 0 Å². The van der Waals surface area contributed by atoms with Gasteiger partial charge in [-0.2, -0.15) is 5.11 Å². The fraction of sp³-hybridized carbons (Fsp3) is 0.250. The van der Waals surface area contributed by atoms with Crippen LogP contribution >= 0.6 is 0 Å². The van der Waals surface area contributed by atoms with E-state index in [1.807, 2.05) is 0 Å². The lowest BCUT2D eigenvalue weighted by Crippen LogP contribution is -2.13. The minimum absolute atomic E-state index is 0.212. The Balaban J connectivity index is 3.57. The predicted octanol–water partition coefficient (Wildman–Crippen LogP) is -0.437. The van der Waals surface area contributed by atoms with Crippen LogP contribution in [-0.4, -0.2) is 13.0 Å². The normalized spacial score (nSPS) is 10.4. The molecule has 4 N–H and O–H groups in total. The molecule has 0 fully saturated rings. The first-order valence-electron chi connectivity index (χ1n) is 2.30. The monoisotopic (exact) mass is 128 g/mol. The maximum Gasteiger partial charge on any atom is 0.207 e. The maximum absolute atomic E-state index is 9.66. The van der Waals surface area contributed by atoms with Crippen molar-refractivity contribution in [3.63, 3.8) is 0 Å². The molecular weight excluding hydrogens is 120 g/mol. The van der Waals surface area contributed by atoms with E-state index in [4.69, 9.17) is 11.3 Å². The first-order chi connectivity index (χ1) is 4.35. The van der Waals surface area contributed by atoms with Gasteiger partial charge in [0.2, 0.25) is 6.41 Å². The molecular formula is C4H8N4O. The lowest BCUT2D eigenvalue weighted by molar-refractivity contribution is -0.109. The second-order valence-electron chi connectivity index (χ2n) is 1.27. The van der Waals surface area contributed by atoms with Gasteiger partial charge in [0.1, 0.15) is 0 Å². The van der Waals surface area contributed by atoms with E-state index in [-0.39, 0.29) is 6.54 Å². The predicted molar refractivity (Wildman–Crippen MR) is 31.5 cm³/mol. The number of hydrogen-bond acceptors (Lipinski definition) is 4. The molecule has 0 aromatic carbocycles. The molecule has 0 aliphatic rings. The van der Waals surface area contributed by atoms with Crippen LogP contribution in [0.4, 0.5) is 0 Å². The van der Waals surface area contributed by atoms with Crippen molar-refractivity contribution in [2.75, 3.05) is 6.54 Å². The SMILES string of the molecule is N=N/C(=C\N)CNC=O. The molecule has 0 aliphatic carbocycles. The first kappa shape index (κ1) is 7.61. The van der Waals surface area contributed by atoms with Gasteiger partial charge in [-0.25, -0.2) is 5.53 Å². The second-order valence-corrected chi connectivity index (χ2v) is 1.27. The fourth-order valence-corrected chi connectivity index (χ4v) is 0.282. The third kappa shape index (κ3) is 3.22. The highest BCUT2D eigenvalue weighted by Crippen LogP contribution is 1.87. The van der Waals surface area contributed by atoms with Gasteiger partial charge < -0.3 is 11.1 Å². The quantitative estimate of drug-likeness (QED) is 0.354. The van der Waals surface area contributed by atoms with E-state index in [9.17, 15) is 4.79 Å². The molecule has 0 heterocycles. The second kappa shape index (κ2) is 4.76. The molecule has 0 spiro atoms. The molecule has 0 aromatic heterocycles. The number of nitrogens with one attached hydrogen (secondary N) is 2. The van der Waals surface area contributed by atoms with Crippen LogP contribution in [0, 0.1) is 5.53 Å². The van der Waals surface area contributed by atoms with Crippen molar-refractivity contribution in [1.29, 1.82) is 5.53 Å². The van der Waals surface area contributed by atoms with Crippen LogP contribution in [0.1, 0.15) is 0 Å². The van der Waals surface area contributed by atoms with Gasteiger partial charge in [-0.1, -0.05) is 0 Å². The van der Waals surface area contributed by atoms with Gasteiger partial charge in [0, 0.05) is 6.20 Å². The molecule has 9 heavy (non-hydrogen) atoms. The molecule has 0 aliphatic heterocycles. The van der Waals surface area contributed by atoms with Crippen molar-refractivity contribution in [1.82, 2.24) is 5.32 Å². The lowest BCUT2D eigenvalue weighted by Gasteiger charge is -1.93. The van der Waals surface area contributed by atoms with Crippen molar-refractivity contribution >= 4 is 6.41 Å². The van der Waals surface area contributed by atoms with Gasteiger partial charge in [-0.05, 0) is 0 Å². The first-order valence-corrected chi connectivity index (χ1v) is 2.30. The topological polar surface area (TPSA) is 91.3 Å². The summed E-state index contributed by atoms with van der Waals surface area (Å²) in [6.07, 6.45) is 1.69. The van der Waals surface area contributed by atoms with Gasteiger partial charge >= 0.3 is 0 Å². The Morgan fingerprint density at radius 1 is 1.89 bits per heavy atom. The van der Waals surface area contributed by atoms with E-state index in [2.05, 4.69) is 10.4 Å². The molecule has 50 valence electrons. The molecule has 0 saturated carbocycles. The summed E-state index contributed by atoms with van der Waals surface area (Å²) in [7, 11) is 0. The smallest absolute Gasteiger partial charge is 0.207 e. The summed E-state index contributed by atoms with van der Waals surface area (Å²) in [6, 6.07) is 0. The number of amides is 1. The summed E-state index contributed by atoms with van der Waals surface area (Å²) < 4.78 is 0. The summed E-state index contributed by atoms with van der Waals surface area (Å²) in [5.74, 6) is 0. The lowest BCUT2D eigenvalue weighted by atomic mass is 10.5. The van der Waals surface area contributed by atoms with Crippen LogP contribution in [0.5, 0.6) is 0 Å². The van der Waals surface area contributed by atoms with Crippen LogP contribution in [-0.2, 0) is 4.79 Å². The molecule has 5 nitrogen and oxygen atoms in total. The van der Waals surface area contributed by atoms with Gasteiger partial charge in [0.05, 0.1) is 12.2 Å². The molecule has 5 heteroatoms. The Bertz CT molecular complexity index is 131. The molecule has 0 saturated heterocycles. The van der Waals surface area contributed by atoms with Crippen molar-refractivity contribution < 1.29 is 4.79 Å². The number of nitrogens with two attached hydrogens (primary N) is 1. The highest BCUT2D eigenvalue weighted by atomic mass is 16.1. The molecule has 1 amide bonds. The number of nitrogens with zero attached hydrogens (tertiary/aromatic N) is 1. The Morgan fingerprint density at radius 2 is 2.56 bits per heavy atom. The van der Waals surface area contributed by atoms with E-state index in [0.29, 0.717) is 12.1 Å². The zero-order valence-corrected chi connectivity index (χ0v) is 4.79. The van der Waals surface area contributed by atoms with E-state index in [0.717, 1.165) is 0 Å². The summed E-state index contributed by atoms with van der Waals surface area (Å²) in [4.78, 5) is 9.66. The van der Waals surface area contributed by atoms with E-state index < -0.39 is 0 Å². The molecule has 0 aromatic rings. The van der Waals surface area contributed by atoms with Crippen LogP contribution in [0.2, 0.25) is 0 Å².